The van der Waals surface area contributed by atoms with E-state index < -0.39 is 11.9 Å². The number of nitrogens with one attached hydrogen (secondary N) is 1. The minimum absolute atomic E-state index is 0.139. The van der Waals surface area contributed by atoms with E-state index >= 15 is 0 Å². The SMILES string of the molecule is FC(F)(F)c1nccc2[nH]cc(I)c12. The van der Waals surface area contributed by atoms with E-state index in [-0.39, 0.29) is 5.39 Å². The molecule has 0 atom stereocenters. The molecule has 0 radical (unpaired) electrons. The first-order valence-electron chi connectivity index (χ1n) is 3.69. The van der Waals surface area contributed by atoms with Crippen LogP contribution in [-0.4, -0.2) is 9.97 Å². The van der Waals surface area contributed by atoms with Crippen LogP contribution in [-0.2, 0) is 6.18 Å². The van der Waals surface area contributed by atoms with Crippen molar-refractivity contribution >= 4 is 33.5 Å². The van der Waals surface area contributed by atoms with Crippen LogP contribution in [0.2, 0.25) is 0 Å². The van der Waals surface area contributed by atoms with E-state index in [0.717, 1.165) is 6.20 Å². The Morgan fingerprint density at radius 1 is 1.36 bits per heavy atom. The van der Waals surface area contributed by atoms with Gasteiger partial charge in [-0.05, 0) is 28.7 Å². The van der Waals surface area contributed by atoms with Crippen molar-refractivity contribution in [3.8, 4) is 0 Å². The van der Waals surface area contributed by atoms with Crippen molar-refractivity contribution in [1.82, 2.24) is 9.97 Å². The van der Waals surface area contributed by atoms with Crippen LogP contribution in [0.1, 0.15) is 5.69 Å². The number of hydrogen-bond donors (Lipinski definition) is 1. The predicted octanol–water partition coefficient (Wildman–Crippen LogP) is 3.19. The maximum atomic E-state index is 12.5. The predicted molar refractivity (Wildman–Crippen MR) is 53.8 cm³/mol. The minimum Gasteiger partial charge on any atom is -0.360 e. The monoisotopic (exact) mass is 312 g/mol. The van der Waals surface area contributed by atoms with Crippen LogP contribution in [0.3, 0.4) is 0 Å². The zero-order valence-electron chi connectivity index (χ0n) is 6.69. The topological polar surface area (TPSA) is 28.7 Å². The third-order valence-electron chi connectivity index (χ3n) is 1.81. The first-order chi connectivity index (χ1) is 6.50. The molecule has 0 saturated heterocycles. The van der Waals surface area contributed by atoms with Crippen LogP contribution in [0.15, 0.2) is 18.5 Å². The summed E-state index contributed by atoms with van der Waals surface area (Å²) in [5.41, 5.74) is -0.377. The van der Waals surface area contributed by atoms with Crippen molar-refractivity contribution in [3.05, 3.63) is 27.7 Å². The Hall–Kier alpha value is -0.790. The average molecular weight is 312 g/mol. The molecule has 0 aliphatic heterocycles. The fourth-order valence-corrected chi connectivity index (χ4v) is 1.95. The number of fused-ring (bicyclic) bond motifs is 1. The fraction of sp³-hybridized carbons (Fsp3) is 0.125. The summed E-state index contributed by atoms with van der Waals surface area (Å²) in [5, 5.41) is 0.139. The molecule has 0 aromatic carbocycles. The molecule has 0 aliphatic rings. The summed E-state index contributed by atoms with van der Waals surface area (Å²) in [7, 11) is 0. The molecule has 14 heavy (non-hydrogen) atoms. The molecule has 2 nitrogen and oxygen atoms in total. The van der Waals surface area contributed by atoms with E-state index in [1.54, 1.807) is 0 Å². The van der Waals surface area contributed by atoms with Crippen molar-refractivity contribution in [2.45, 2.75) is 6.18 Å². The standard InChI is InChI=1S/C8H4F3IN2/c9-8(10,11)7-6-4(12)3-14-5(6)1-2-13-7/h1-3,14H. The molecule has 2 rings (SSSR count). The van der Waals surface area contributed by atoms with E-state index in [2.05, 4.69) is 9.97 Å². The molecule has 0 fully saturated rings. The highest BCUT2D eigenvalue weighted by atomic mass is 127. The summed E-state index contributed by atoms with van der Waals surface area (Å²) >= 11 is 1.85. The summed E-state index contributed by atoms with van der Waals surface area (Å²) in [4.78, 5) is 6.11. The normalized spacial score (nSPS) is 12.3. The summed E-state index contributed by atoms with van der Waals surface area (Å²) in [6.45, 7) is 0. The largest absolute Gasteiger partial charge is 0.434 e. The summed E-state index contributed by atoms with van der Waals surface area (Å²) in [6.07, 6.45) is -1.72. The number of H-pyrrole nitrogens is 1. The van der Waals surface area contributed by atoms with Crippen LogP contribution in [0.4, 0.5) is 13.2 Å². The van der Waals surface area contributed by atoms with Gasteiger partial charge in [0.1, 0.15) is 0 Å². The van der Waals surface area contributed by atoms with E-state index in [4.69, 9.17) is 0 Å². The Morgan fingerprint density at radius 2 is 2.07 bits per heavy atom. The van der Waals surface area contributed by atoms with E-state index in [1.165, 1.54) is 12.3 Å². The van der Waals surface area contributed by atoms with Crippen molar-refractivity contribution in [2.75, 3.05) is 0 Å². The van der Waals surface area contributed by atoms with Gasteiger partial charge in [-0.25, -0.2) is 0 Å². The van der Waals surface area contributed by atoms with Gasteiger partial charge in [0.05, 0.1) is 5.52 Å². The lowest BCUT2D eigenvalue weighted by atomic mass is 10.2. The van der Waals surface area contributed by atoms with Crippen molar-refractivity contribution in [3.63, 3.8) is 0 Å². The second-order valence-corrected chi connectivity index (χ2v) is 3.88. The van der Waals surface area contributed by atoms with Gasteiger partial charge < -0.3 is 4.98 Å². The number of rotatable bonds is 0. The quantitative estimate of drug-likeness (QED) is 0.744. The molecule has 2 aromatic rings. The van der Waals surface area contributed by atoms with Crippen LogP contribution < -0.4 is 0 Å². The van der Waals surface area contributed by atoms with Crippen molar-refractivity contribution < 1.29 is 13.2 Å². The minimum atomic E-state index is -4.40. The van der Waals surface area contributed by atoms with Crippen molar-refractivity contribution in [1.29, 1.82) is 0 Å². The highest BCUT2D eigenvalue weighted by Crippen LogP contribution is 2.34. The van der Waals surface area contributed by atoms with Gasteiger partial charge in [-0.2, -0.15) is 13.2 Å². The van der Waals surface area contributed by atoms with E-state index in [9.17, 15) is 13.2 Å². The Bertz CT molecular complexity index is 475. The lowest BCUT2D eigenvalue weighted by Gasteiger charge is -2.06. The smallest absolute Gasteiger partial charge is 0.360 e. The average Bonchev–Trinajstić information content (AvgIpc) is 2.46. The molecule has 0 bridgehead atoms. The Morgan fingerprint density at radius 3 is 2.71 bits per heavy atom. The van der Waals surface area contributed by atoms with Gasteiger partial charge in [0.2, 0.25) is 0 Å². The highest BCUT2D eigenvalue weighted by molar-refractivity contribution is 14.1. The second-order valence-electron chi connectivity index (χ2n) is 2.72. The van der Waals surface area contributed by atoms with E-state index in [0.29, 0.717) is 9.09 Å². The maximum absolute atomic E-state index is 12.5. The molecular formula is C8H4F3IN2. The fourth-order valence-electron chi connectivity index (χ4n) is 1.25. The molecule has 0 unspecified atom stereocenters. The summed E-state index contributed by atoms with van der Waals surface area (Å²) in [5.74, 6) is 0. The number of pyridine rings is 1. The first kappa shape index (κ1) is 9.75. The van der Waals surface area contributed by atoms with Gasteiger partial charge in [-0.1, -0.05) is 0 Å². The molecule has 0 spiro atoms. The number of hydrogen-bond acceptors (Lipinski definition) is 1. The molecule has 74 valence electrons. The molecule has 1 N–H and O–H groups in total. The lowest BCUT2D eigenvalue weighted by molar-refractivity contribution is -0.139. The zero-order valence-corrected chi connectivity index (χ0v) is 8.85. The summed E-state index contributed by atoms with van der Waals surface area (Å²) < 4.78 is 38.0. The molecule has 0 saturated carbocycles. The van der Waals surface area contributed by atoms with Gasteiger partial charge in [0, 0.05) is 21.4 Å². The highest BCUT2D eigenvalue weighted by Gasteiger charge is 2.35. The number of alkyl halides is 3. The second kappa shape index (κ2) is 3.11. The van der Waals surface area contributed by atoms with Gasteiger partial charge in [-0.3, -0.25) is 4.98 Å². The van der Waals surface area contributed by atoms with Gasteiger partial charge in [-0.15, -0.1) is 0 Å². The maximum Gasteiger partial charge on any atom is 0.434 e. The Balaban J connectivity index is 2.82. The molecule has 6 heteroatoms. The third-order valence-corrected chi connectivity index (χ3v) is 2.66. The molecule has 0 amide bonds. The Kier molecular flexibility index (Phi) is 2.17. The number of aromatic amines is 1. The summed E-state index contributed by atoms with van der Waals surface area (Å²) in [6, 6.07) is 1.52. The number of halogens is 4. The van der Waals surface area contributed by atoms with Gasteiger partial charge >= 0.3 is 6.18 Å². The number of aromatic nitrogens is 2. The molecule has 2 aromatic heterocycles. The van der Waals surface area contributed by atoms with Crippen LogP contribution in [0, 0.1) is 3.57 Å². The van der Waals surface area contributed by atoms with Crippen LogP contribution in [0.25, 0.3) is 10.9 Å². The molecule has 2 heterocycles. The van der Waals surface area contributed by atoms with Crippen LogP contribution >= 0.6 is 22.6 Å². The first-order valence-corrected chi connectivity index (χ1v) is 4.77. The lowest BCUT2D eigenvalue weighted by Crippen LogP contribution is -2.08. The third kappa shape index (κ3) is 1.47. The molecular weight excluding hydrogens is 308 g/mol. The number of nitrogens with zero attached hydrogens (tertiary/aromatic N) is 1. The van der Waals surface area contributed by atoms with Crippen LogP contribution in [0.5, 0.6) is 0 Å². The van der Waals surface area contributed by atoms with Crippen molar-refractivity contribution in [2.24, 2.45) is 0 Å². The molecule has 0 aliphatic carbocycles. The van der Waals surface area contributed by atoms with E-state index in [1.807, 2.05) is 22.6 Å². The zero-order chi connectivity index (χ0) is 10.3. The Labute approximate surface area is 90.7 Å². The van der Waals surface area contributed by atoms with Gasteiger partial charge in [0.25, 0.3) is 0 Å². The van der Waals surface area contributed by atoms with Gasteiger partial charge in [0.15, 0.2) is 5.69 Å².